The maximum Gasteiger partial charge on any atom is 0.258 e. The molecule has 0 unspecified atom stereocenters. The SMILES string of the molecule is CCS(=O)(=O)Nc1ccc(C(=O)Nc2ccc3c(n2)C2(CCC(F)(F)CC2)OC3)c(N2CCC3(CC2)CC3)c1. The van der Waals surface area contributed by atoms with Gasteiger partial charge in [-0.15, -0.1) is 0 Å². The van der Waals surface area contributed by atoms with Crippen LogP contribution in [0.1, 0.15) is 79.9 Å². The fourth-order valence-electron chi connectivity index (χ4n) is 6.14. The van der Waals surface area contributed by atoms with Crippen LogP contribution in [0.15, 0.2) is 30.3 Å². The highest BCUT2D eigenvalue weighted by molar-refractivity contribution is 7.92. The maximum atomic E-state index is 13.9. The van der Waals surface area contributed by atoms with Crippen molar-refractivity contribution in [1.29, 1.82) is 0 Å². The highest BCUT2D eigenvalue weighted by Crippen LogP contribution is 2.54. The van der Waals surface area contributed by atoms with Gasteiger partial charge in [-0.3, -0.25) is 9.52 Å². The Labute approximate surface area is 227 Å². The van der Waals surface area contributed by atoms with E-state index in [1.807, 2.05) is 6.07 Å². The van der Waals surface area contributed by atoms with E-state index in [2.05, 4.69) is 19.9 Å². The van der Waals surface area contributed by atoms with E-state index in [-0.39, 0.29) is 37.3 Å². The van der Waals surface area contributed by atoms with Gasteiger partial charge in [-0.1, -0.05) is 6.07 Å². The molecule has 2 spiro atoms. The van der Waals surface area contributed by atoms with Gasteiger partial charge in [0.05, 0.1) is 35.0 Å². The molecule has 1 aromatic heterocycles. The molecule has 39 heavy (non-hydrogen) atoms. The number of hydrogen-bond donors (Lipinski definition) is 2. The summed E-state index contributed by atoms with van der Waals surface area (Å²) in [5.41, 5.74) is 2.60. The van der Waals surface area contributed by atoms with Gasteiger partial charge in [0.25, 0.3) is 5.91 Å². The topological polar surface area (TPSA) is 101 Å². The number of nitrogens with one attached hydrogen (secondary N) is 2. The van der Waals surface area contributed by atoms with E-state index >= 15 is 0 Å². The van der Waals surface area contributed by atoms with Gasteiger partial charge in [0, 0.05) is 31.5 Å². The molecule has 0 bridgehead atoms. The highest BCUT2D eigenvalue weighted by atomic mass is 32.2. The summed E-state index contributed by atoms with van der Waals surface area (Å²) in [5.74, 6) is -2.77. The number of carbonyl (C=O) groups is 1. The minimum Gasteiger partial charge on any atom is -0.371 e. The lowest BCUT2D eigenvalue weighted by molar-refractivity contribution is -0.132. The van der Waals surface area contributed by atoms with E-state index in [1.165, 1.54) is 12.8 Å². The smallest absolute Gasteiger partial charge is 0.258 e. The number of ether oxygens (including phenoxy) is 1. The number of halogens is 2. The lowest BCUT2D eigenvalue weighted by Crippen LogP contribution is -2.37. The second-order valence-corrected chi connectivity index (χ2v) is 13.5. The van der Waals surface area contributed by atoms with Crippen LogP contribution in [-0.4, -0.2) is 44.1 Å². The van der Waals surface area contributed by atoms with Crippen LogP contribution in [0.25, 0.3) is 0 Å². The van der Waals surface area contributed by atoms with Crippen molar-refractivity contribution in [2.24, 2.45) is 5.41 Å². The lowest BCUT2D eigenvalue weighted by atomic mass is 9.80. The molecule has 1 saturated heterocycles. The fraction of sp³-hybridized carbons (Fsp3) is 0.571. The number of fused-ring (bicyclic) bond motifs is 2. The molecule has 3 fully saturated rings. The van der Waals surface area contributed by atoms with Crippen LogP contribution < -0.4 is 14.9 Å². The molecular weight excluding hydrogens is 526 g/mol. The number of hydrogen-bond acceptors (Lipinski definition) is 6. The van der Waals surface area contributed by atoms with Crippen LogP contribution in [0.5, 0.6) is 0 Å². The van der Waals surface area contributed by atoms with Crippen LogP contribution in [0.2, 0.25) is 0 Å². The first kappa shape index (κ1) is 26.4. The van der Waals surface area contributed by atoms with Crippen molar-refractivity contribution in [3.8, 4) is 0 Å². The molecule has 2 aliphatic heterocycles. The molecule has 1 aromatic carbocycles. The number of carbonyl (C=O) groups excluding carboxylic acids is 1. The zero-order chi connectivity index (χ0) is 27.5. The number of nitrogens with zero attached hydrogens (tertiary/aromatic N) is 2. The summed E-state index contributed by atoms with van der Waals surface area (Å²) in [6.07, 6.45) is 4.46. The van der Waals surface area contributed by atoms with Gasteiger partial charge in [-0.05, 0) is 75.1 Å². The van der Waals surface area contributed by atoms with Crippen molar-refractivity contribution in [2.75, 3.05) is 33.8 Å². The van der Waals surface area contributed by atoms with Crippen molar-refractivity contribution in [2.45, 2.75) is 76.4 Å². The zero-order valence-electron chi connectivity index (χ0n) is 22.1. The maximum absolute atomic E-state index is 13.9. The Bertz CT molecular complexity index is 1390. The van der Waals surface area contributed by atoms with Gasteiger partial charge < -0.3 is 15.0 Å². The summed E-state index contributed by atoms with van der Waals surface area (Å²) in [5, 5.41) is 2.89. The standard InChI is InChI=1S/C28H34F2N4O4S/c1-2-39(36,37)33-20-4-5-21(22(17-20)34-15-13-26(7-8-26)14-16-34)25(35)32-23-6-3-19-18-38-27(24(19)31-23)9-11-28(29,30)12-10-27/h3-6,17,33H,2,7-16,18H2,1H3,(H,31,32,35). The Balaban J connectivity index is 1.26. The average molecular weight is 561 g/mol. The van der Waals surface area contributed by atoms with Crippen LogP contribution in [-0.2, 0) is 27.0 Å². The van der Waals surface area contributed by atoms with Gasteiger partial charge in [-0.25, -0.2) is 22.2 Å². The van der Waals surface area contributed by atoms with Crippen molar-refractivity contribution >= 4 is 33.1 Å². The molecule has 6 rings (SSSR count). The van der Waals surface area contributed by atoms with Crippen molar-refractivity contribution < 1.29 is 26.7 Å². The third-order valence-corrected chi connectivity index (χ3v) is 10.3. The fourth-order valence-corrected chi connectivity index (χ4v) is 6.77. The molecule has 1 amide bonds. The lowest BCUT2D eigenvalue weighted by Gasteiger charge is -2.36. The Morgan fingerprint density at radius 3 is 2.41 bits per heavy atom. The van der Waals surface area contributed by atoms with E-state index in [9.17, 15) is 22.0 Å². The number of pyridine rings is 1. The predicted molar refractivity (Wildman–Crippen MR) is 145 cm³/mol. The Kier molecular flexibility index (Phi) is 6.37. The number of alkyl halides is 2. The summed E-state index contributed by atoms with van der Waals surface area (Å²) in [4.78, 5) is 20.4. The number of anilines is 3. The molecule has 2 saturated carbocycles. The van der Waals surface area contributed by atoms with E-state index < -0.39 is 21.5 Å². The number of aromatic nitrogens is 1. The van der Waals surface area contributed by atoms with Gasteiger partial charge in [-0.2, -0.15) is 0 Å². The average Bonchev–Trinajstić information content (AvgIpc) is 3.58. The molecule has 4 aliphatic rings. The van der Waals surface area contributed by atoms with Gasteiger partial charge in [0.2, 0.25) is 15.9 Å². The summed E-state index contributed by atoms with van der Waals surface area (Å²) < 4.78 is 60.7. The first-order valence-corrected chi connectivity index (χ1v) is 15.4. The van der Waals surface area contributed by atoms with E-state index in [0.717, 1.165) is 31.5 Å². The van der Waals surface area contributed by atoms with Crippen LogP contribution in [0.4, 0.5) is 26.0 Å². The molecular formula is C28H34F2N4O4S. The van der Waals surface area contributed by atoms with Crippen molar-refractivity contribution in [1.82, 2.24) is 4.98 Å². The number of sulfonamides is 1. The molecule has 2 N–H and O–H groups in total. The Morgan fingerprint density at radius 2 is 1.74 bits per heavy atom. The Morgan fingerprint density at radius 1 is 1.03 bits per heavy atom. The van der Waals surface area contributed by atoms with E-state index in [4.69, 9.17) is 4.74 Å². The van der Waals surface area contributed by atoms with E-state index in [1.54, 1.807) is 31.2 Å². The first-order chi connectivity index (χ1) is 18.5. The van der Waals surface area contributed by atoms with Crippen LogP contribution in [0, 0.1) is 5.41 Å². The Hall–Kier alpha value is -2.79. The second-order valence-electron chi connectivity index (χ2n) is 11.5. The molecule has 3 heterocycles. The van der Waals surface area contributed by atoms with E-state index in [0.29, 0.717) is 40.5 Å². The van der Waals surface area contributed by atoms with Crippen molar-refractivity contribution in [3.63, 3.8) is 0 Å². The third-order valence-electron chi connectivity index (χ3n) is 8.96. The quantitative estimate of drug-likeness (QED) is 0.490. The van der Waals surface area contributed by atoms with Gasteiger partial charge >= 0.3 is 0 Å². The first-order valence-electron chi connectivity index (χ1n) is 13.7. The molecule has 210 valence electrons. The van der Waals surface area contributed by atoms with Crippen LogP contribution >= 0.6 is 0 Å². The summed E-state index contributed by atoms with van der Waals surface area (Å²) in [6, 6.07) is 8.51. The van der Waals surface area contributed by atoms with Crippen molar-refractivity contribution in [3.05, 3.63) is 47.2 Å². The molecule has 2 aromatic rings. The second kappa shape index (κ2) is 9.40. The molecule has 11 heteroatoms. The number of rotatable bonds is 6. The van der Waals surface area contributed by atoms with Gasteiger partial charge in [0.15, 0.2) is 0 Å². The predicted octanol–water partition coefficient (Wildman–Crippen LogP) is 5.41. The molecule has 0 atom stereocenters. The highest BCUT2D eigenvalue weighted by Gasteiger charge is 2.49. The number of benzene rings is 1. The molecule has 2 aliphatic carbocycles. The normalized spacial score (nSPS) is 22.5. The van der Waals surface area contributed by atoms with Crippen LogP contribution in [0.3, 0.4) is 0 Å². The summed E-state index contributed by atoms with van der Waals surface area (Å²) >= 11 is 0. The minimum atomic E-state index is -3.47. The largest absolute Gasteiger partial charge is 0.371 e. The minimum absolute atomic E-state index is 0.0519. The summed E-state index contributed by atoms with van der Waals surface area (Å²) in [6.45, 7) is 3.48. The van der Waals surface area contributed by atoms with Gasteiger partial charge in [0.1, 0.15) is 11.4 Å². The molecule has 0 radical (unpaired) electrons. The number of piperidine rings is 1. The third kappa shape index (κ3) is 5.23. The molecule has 8 nitrogen and oxygen atoms in total. The number of amides is 1. The summed E-state index contributed by atoms with van der Waals surface area (Å²) in [7, 11) is -3.47. The monoisotopic (exact) mass is 560 g/mol. The zero-order valence-corrected chi connectivity index (χ0v) is 22.9.